The molecule has 0 radical (unpaired) electrons. The number of hydrogen-bond acceptors (Lipinski definition) is 2. The van der Waals surface area contributed by atoms with Gasteiger partial charge in [-0.1, -0.05) is 60.7 Å². The number of hydrogen-bond donors (Lipinski definition) is 1. The van der Waals surface area contributed by atoms with E-state index in [9.17, 15) is 5.11 Å². The van der Waals surface area contributed by atoms with Crippen molar-refractivity contribution >= 4 is 0 Å². The number of aliphatic hydroxyl groups excluding tert-OH is 1. The molecule has 2 nitrogen and oxygen atoms in total. The largest absolute Gasteiger partial charge is 0.457 e. The van der Waals surface area contributed by atoms with Gasteiger partial charge in [0.2, 0.25) is 0 Å². The Balaban J connectivity index is 1.66. The lowest BCUT2D eigenvalue weighted by atomic mass is 10.0. The summed E-state index contributed by atoms with van der Waals surface area (Å²) in [7, 11) is 0. The minimum Gasteiger partial charge on any atom is -0.457 e. The van der Waals surface area contributed by atoms with E-state index in [1.54, 1.807) is 0 Å². The molecule has 0 aliphatic heterocycles. The Morgan fingerprint density at radius 3 is 1.86 bits per heavy atom. The second-order valence-electron chi connectivity index (χ2n) is 5.19. The average Bonchev–Trinajstić information content (AvgIpc) is 2.57. The summed E-state index contributed by atoms with van der Waals surface area (Å²) in [6, 6.07) is 27.2. The third-order valence-corrected chi connectivity index (χ3v) is 3.52. The van der Waals surface area contributed by atoms with Gasteiger partial charge in [0.15, 0.2) is 0 Å². The SMILES string of the molecule is OC(Cc1ccccc1)c1ccc(Oc2ccccc2)cc1. The fourth-order valence-electron chi connectivity index (χ4n) is 2.34. The van der Waals surface area contributed by atoms with Crippen LogP contribution < -0.4 is 4.74 Å². The van der Waals surface area contributed by atoms with Gasteiger partial charge in [-0.05, 0) is 35.4 Å². The molecule has 0 saturated carbocycles. The molecule has 0 spiro atoms. The van der Waals surface area contributed by atoms with E-state index in [0.717, 1.165) is 22.6 Å². The molecule has 22 heavy (non-hydrogen) atoms. The van der Waals surface area contributed by atoms with Gasteiger partial charge in [0.1, 0.15) is 11.5 Å². The first kappa shape index (κ1) is 14.4. The van der Waals surface area contributed by atoms with Crippen LogP contribution in [0.15, 0.2) is 84.9 Å². The zero-order valence-electron chi connectivity index (χ0n) is 12.2. The highest BCUT2D eigenvalue weighted by Gasteiger charge is 2.08. The highest BCUT2D eigenvalue weighted by molar-refractivity contribution is 5.34. The van der Waals surface area contributed by atoms with Crippen molar-refractivity contribution in [3.8, 4) is 11.5 Å². The van der Waals surface area contributed by atoms with Gasteiger partial charge in [-0.3, -0.25) is 0 Å². The molecular weight excluding hydrogens is 272 g/mol. The molecule has 0 heterocycles. The molecule has 0 aromatic heterocycles. The first-order chi connectivity index (χ1) is 10.8. The second kappa shape index (κ2) is 6.92. The van der Waals surface area contributed by atoms with Crippen molar-refractivity contribution in [2.24, 2.45) is 0 Å². The highest BCUT2D eigenvalue weighted by Crippen LogP contribution is 2.24. The molecule has 0 fully saturated rings. The van der Waals surface area contributed by atoms with Gasteiger partial charge < -0.3 is 9.84 Å². The van der Waals surface area contributed by atoms with Crippen LogP contribution in [0.1, 0.15) is 17.2 Å². The van der Waals surface area contributed by atoms with Gasteiger partial charge in [-0.25, -0.2) is 0 Å². The van der Waals surface area contributed by atoms with Crippen molar-refractivity contribution in [2.75, 3.05) is 0 Å². The van der Waals surface area contributed by atoms with Crippen LogP contribution in [0, 0.1) is 0 Å². The molecule has 3 aromatic carbocycles. The van der Waals surface area contributed by atoms with Crippen LogP contribution >= 0.6 is 0 Å². The van der Waals surface area contributed by atoms with E-state index in [4.69, 9.17) is 4.74 Å². The zero-order chi connectivity index (χ0) is 15.2. The van der Waals surface area contributed by atoms with E-state index >= 15 is 0 Å². The lowest BCUT2D eigenvalue weighted by molar-refractivity contribution is 0.178. The van der Waals surface area contributed by atoms with Crippen molar-refractivity contribution in [2.45, 2.75) is 12.5 Å². The maximum atomic E-state index is 10.3. The van der Waals surface area contributed by atoms with Crippen molar-refractivity contribution in [1.29, 1.82) is 0 Å². The Bertz CT molecular complexity index is 691. The van der Waals surface area contributed by atoms with Crippen molar-refractivity contribution < 1.29 is 9.84 Å². The van der Waals surface area contributed by atoms with Crippen LogP contribution in [-0.4, -0.2) is 5.11 Å². The van der Waals surface area contributed by atoms with E-state index in [1.807, 2.05) is 84.9 Å². The number of rotatable bonds is 5. The van der Waals surface area contributed by atoms with Crippen molar-refractivity contribution in [3.63, 3.8) is 0 Å². The second-order valence-corrected chi connectivity index (χ2v) is 5.19. The van der Waals surface area contributed by atoms with E-state index in [-0.39, 0.29) is 0 Å². The minimum absolute atomic E-state index is 0.506. The molecule has 3 rings (SSSR count). The van der Waals surface area contributed by atoms with E-state index in [1.165, 1.54) is 0 Å². The first-order valence-electron chi connectivity index (χ1n) is 7.36. The molecule has 0 saturated heterocycles. The normalized spacial score (nSPS) is 11.9. The summed E-state index contributed by atoms with van der Waals surface area (Å²) >= 11 is 0. The number of para-hydroxylation sites is 1. The molecule has 2 heteroatoms. The van der Waals surface area contributed by atoms with Gasteiger partial charge in [-0.15, -0.1) is 0 Å². The zero-order valence-corrected chi connectivity index (χ0v) is 12.2. The van der Waals surface area contributed by atoms with Crippen molar-refractivity contribution in [3.05, 3.63) is 96.1 Å². The summed E-state index contributed by atoms with van der Waals surface area (Å²) < 4.78 is 5.75. The van der Waals surface area contributed by atoms with Gasteiger partial charge in [-0.2, -0.15) is 0 Å². The molecule has 110 valence electrons. The van der Waals surface area contributed by atoms with E-state index in [2.05, 4.69) is 0 Å². The maximum Gasteiger partial charge on any atom is 0.127 e. The third-order valence-electron chi connectivity index (χ3n) is 3.52. The minimum atomic E-state index is -0.506. The van der Waals surface area contributed by atoms with Crippen LogP contribution in [-0.2, 0) is 6.42 Å². The van der Waals surface area contributed by atoms with Gasteiger partial charge >= 0.3 is 0 Å². The van der Waals surface area contributed by atoms with Crippen molar-refractivity contribution in [1.82, 2.24) is 0 Å². The molecule has 3 aromatic rings. The summed E-state index contributed by atoms with van der Waals surface area (Å²) in [5, 5.41) is 10.3. The summed E-state index contributed by atoms with van der Waals surface area (Å²) in [6.45, 7) is 0. The Labute approximate surface area is 130 Å². The molecule has 0 bridgehead atoms. The number of ether oxygens (including phenoxy) is 1. The average molecular weight is 290 g/mol. The van der Waals surface area contributed by atoms with Gasteiger partial charge in [0, 0.05) is 6.42 Å². The quantitative estimate of drug-likeness (QED) is 0.734. The van der Waals surface area contributed by atoms with Crippen LogP contribution in [0.5, 0.6) is 11.5 Å². The highest BCUT2D eigenvalue weighted by atomic mass is 16.5. The fourth-order valence-corrected chi connectivity index (χ4v) is 2.34. The topological polar surface area (TPSA) is 29.5 Å². The molecular formula is C20H18O2. The predicted octanol–water partition coefficient (Wildman–Crippen LogP) is 4.76. The number of benzene rings is 3. The fraction of sp³-hybridized carbons (Fsp3) is 0.100. The lowest BCUT2D eigenvalue weighted by Crippen LogP contribution is -2.01. The summed E-state index contributed by atoms with van der Waals surface area (Å²) in [6.07, 6.45) is 0.105. The van der Waals surface area contributed by atoms with Crippen LogP contribution in [0.25, 0.3) is 0 Å². The lowest BCUT2D eigenvalue weighted by Gasteiger charge is -2.12. The standard InChI is InChI=1S/C20H18O2/c21-20(15-16-7-3-1-4-8-16)17-11-13-19(14-12-17)22-18-9-5-2-6-10-18/h1-14,20-21H,15H2. The smallest absolute Gasteiger partial charge is 0.127 e. The number of aliphatic hydroxyl groups is 1. The third kappa shape index (κ3) is 3.74. The van der Waals surface area contributed by atoms with E-state index < -0.39 is 6.10 Å². The Morgan fingerprint density at radius 2 is 1.23 bits per heavy atom. The molecule has 1 N–H and O–H groups in total. The Hall–Kier alpha value is -2.58. The van der Waals surface area contributed by atoms with Crippen LogP contribution in [0.2, 0.25) is 0 Å². The predicted molar refractivity (Wildman–Crippen MR) is 88.1 cm³/mol. The van der Waals surface area contributed by atoms with E-state index in [0.29, 0.717) is 6.42 Å². The monoisotopic (exact) mass is 290 g/mol. The van der Waals surface area contributed by atoms with Crippen LogP contribution in [0.3, 0.4) is 0 Å². The first-order valence-corrected chi connectivity index (χ1v) is 7.36. The molecule has 0 aliphatic rings. The molecule has 0 aliphatic carbocycles. The molecule has 1 atom stereocenters. The maximum absolute atomic E-state index is 10.3. The Morgan fingerprint density at radius 1 is 0.682 bits per heavy atom. The molecule has 1 unspecified atom stereocenters. The van der Waals surface area contributed by atoms with Gasteiger partial charge in [0.05, 0.1) is 6.10 Å². The summed E-state index contributed by atoms with van der Waals surface area (Å²) in [5.41, 5.74) is 2.02. The molecule has 0 amide bonds. The van der Waals surface area contributed by atoms with Crippen LogP contribution in [0.4, 0.5) is 0 Å². The summed E-state index contributed by atoms with van der Waals surface area (Å²) in [4.78, 5) is 0. The van der Waals surface area contributed by atoms with Gasteiger partial charge in [0.25, 0.3) is 0 Å². The Kier molecular flexibility index (Phi) is 4.52. The summed E-state index contributed by atoms with van der Waals surface area (Å²) in [5.74, 6) is 1.57.